The summed E-state index contributed by atoms with van der Waals surface area (Å²) in [6.45, 7) is 7.41. The minimum Gasteiger partial charge on any atom is -0.294 e. The van der Waals surface area contributed by atoms with Gasteiger partial charge in [0.25, 0.3) is 0 Å². The molecule has 0 radical (unpaired) electrons. The predicted octanol–water partition coefficient (Wildman–Crippen LogP) is 3.03. The number of hydrogen-bond donors (Lipinski definition) is 0. The van der Waals surface area contributed by atoms with Gasteiger partial charge < -0.3 is 0 Å². The molecule has 0 aliphatic heterocycles. The van der Waals surface area contributed by atoms with E-state index in [9.17, 15) is 9.59 Å². The lowest BCUT2D eigenvalue weighted by Crippen LogP contribution is -2.40. The van der Waals surface area contributed by atoms with Crippen LogP contribution in [0.15, 0.2) is 48.6 Å². The maximum Gasteiger partial charge on any atom is 0.164 e. The molecule has 3 rings (SSSR count). The van der Waals surface area contributed by atoms with E-state index in [4.69, 9.17) is 0 Å². The fourth-order valence-corrected chi connectivity index (χ4v) is 3.97. The molecule has 2 nitrogen and oxygen atoms in total. The van der Waals surface area contributed by atoms with Crippen LogP contribution in [0.25, 0.3) is 0 Å². The summed E-state index contributed by atoms with van der Waals surface area (Å²) in [6.07, 6.45) is 9.65. The Labute approximate surface area is 113 Å². The van der Waals surface area contributed by atoms with E-state index in [2.05, 4.69) is 25.3 Å². The number of hydrogen-bond acceptors (Lipinski definition) is 2. The molecular weight excluding hydrogens is 236 g/mol. The van der Waals surface area contributed by atoms with Crippen molar-refractivity contribution in [1.29, 1.82) is 0 Å². The van der Waals surface area contributed by atoms with E-state index in [-0.39, 0.29) is 35.2 Å². The number of Topliss-reactive ketones (excluding diaryl/α,β-unsaturated/α-hetero) is 2. The van der Waals surface area contributed by atoms with E-state index in [1.807, 2.05) is 0 Å². The first-order valence-corrected chi connectivity index (χ1v) is 6.89. The molecule has 0 saturated heterocycles. The Balaban J connectivity index is 2.07. The van der Waals surface area contributed by atoms with Gasteiger partial charge in [-0.3, -0.25) is 9.59 Å². The molecule has 0 heterocycles. The second kappa shape index (κ2) is 4.44. The van der Waals surface area contributed by atoms with E-state index in [1.165, 1.54) is 0 Å². The molecule has 0 aromatic carbocycles. The summed E-state index contributed by atoms with van der Waals surface area (Å²) < 4.78 is 0. The molecular formula is C17H18O2. The fourth-order valence-electron chi connectivity index (χ4n) is 3.97. The van der Waals surface area contributed by atoms with Crippen molar-refractivity contribution in [2.75, 3.05) is 0 Å². The van der Waals surface area contributed by atoms with Crippen molar-refractivity contribution in [1.82, 2.24) is 0 Å². The van der Waals surface area contributed by atoms with E-state index in [1.54, 1.807) is 12.2 Å². The SMILES string of the molecule is C=CCC1=C(CC=C)C(=O)[C@H]2C3C=CC(C3)[C@H]2C1=O. The number of carbonyl (C=O) groups excluding carboxylic acids is 2. The molecule has 4 atom stereocenters. The van der Waals surface area contributed by atoms with Gasteiger partial charge in [-0.05, 0) is 31.1 Å². The summed E-state index contributed by atoms with van der Waals surface area (Å²) >= 11 is 0. The van der Waals surface area contributed by atoms with Crippen molar-refractivity contribution in [3.05, 3.63) is 48.6 Å². The van der Waals surface area contributed by atoms with Crippen molar-refractivity contribution in [2.24, 2.45) is 23.7 Å². The summed E-state index contributed by atoms with van der Waals surface area (Å²) in [6, 6.07) is 0. The monoisotopic (exact) mass is 254 g/mol. The third-order valence-electron chi connectivity index (χ3n) is 4.72. The summed E-state index contributed by atoms with van der Waals surface area (Å²) in [7, 11) is 0. The minimum absolute atomic E-state index is 0.106. The van der Waals surface area contributed by atoms with E-state index >= 15 is 0 Å². The van der Waals surface area contributed by atoms with Gasteiger partial charge in [0.1, 0.15) is 0 Å². The molecule has 3 aliphatic carbocycles. The van der Waals surface area contributed by atoms with Gasteiger partial charge in [0.05, 0.1) is 0 Å². The van der Waals surface area contributed by atoms with Crippen LogP contribution in [-0.4, -0.2) is 11.6 Å². The first-order valence-electron chi connectivity index (χ1n) is 6.89. The number of fused-ring (bicyclic) bond motifs is 5. The molecule has 98 valence electrons. The zero-order valence-corrected chi connectivity index (χ0v) is 11.0. The molecule has 0 amide bonds. The van der Waals surface area contributed by atoms with Crippen LogP contribution in [0.1, 0.15) is 19.3 Å². The van der Waals surface area contributed by atoms with Gasteiger partial charge in [-0.25, -0.2) is 0 Å². The van der Waals surface area contributed by atoms with Gasteiger partial charge in [-0.1, -0.05) is 24.3 Å². The molecule has 0 N–H and O–H groups in total. The number of allylic oxidation sites excluding steroid dienone is 6. The Morgan fingerprint density at radius 2 is 1.37 bits per heavy atom. The molecule has 19 heavy (non-hydrogen) atoms. The second-order valence-electron chi connectivity index (χ2n) is 5.67. The highest BCUT2D eigenvalue weighted by molar-refractivity contribution is 6.15. The lowest BCUT2D eigenvalue weighted by Gasteiger charge is -2.32. The quantitative estimate of drug-likeness (QED) is 0.723. The van der Waals surface area contributed by atoms with Crippen LogP contribution in [0.4, 0.5) is 0 Å². The number of carbonyl (C=O) groups is 2. The topological polar surface area (TPSA) is 34.1 Å². The van der Waals surface area contributed by atoms with E-state index in [0.29, 0.717) is 24.0 Å². The number of rotatable bonds is 4. The average molecular weight is 254 g/mol. The molecule has 1 fully saturated rings. The molecule has 0 aromatic heterocycles. The molecule has 1 saturated carbocycles. The van der Waals surface area contributed by atoms with Crippen molar-refractivity contribution < 1.29 is 9.59 Å². The minimum atomic E-state index is -0.106. The molecule has 0 aromatic rings. The first kappa shape index (κ1) is 12.3. The lowest BCUT2D eigenvalue weighted by molar-refractivity contribution is -0.131. The van der Waals surface area contributed by atoms with Crippen LogP contribution < -0.4 is 0 Å². The van der Waals surface area contributed by atoms with Gasteiger partial charge >= 0.3 is 0 Å². The maximum atomic E-state index is 12.7. The van der Waals surface area contributed by atoms with Crippen molar-refractivity contribution in [2.45, 2.75) is 19.3 Å². The zero-order chi connectivity index (χ0) is 13.6. The summed E-state index contributed by atoms with van der Waals surface area (Å²) in [5, 5.41) is 0. The molecule has 2 heteroatoms. The highest BCUT2D eigenvalue weighted by Crippen LogP contribution is 2.53. The zero-order valence-electron chi connectivity index (χ0n) is 11.0. The standard InChI is InChI=1S/C17H18O2/c1-3-5-12-13(6-4-2)17(19)15-11-8-7-10(9-11)14(15)16(12)18/h3-4,7-8,10-11,14-15H,1-2,5-6,9H2/t10?,11?,14-,15+. The normalized spacial score (nSPS) is 35.8. The first-order chi connectivity index (χ1) is 9.19. The molecule has 2 bridgehead atoms. The Kier molecular flexibility index (Phi) is 2.89. The van der Waals surface area contributed by atoms with Crippen LogP contribution in [-0.2, 0) is 9.59 Å². The molecule has 2 unspecified atom stereocenters. The summed E-state index contributed by atoms with van der Waals surface area (Å²) in [5.74, 6) is 0.696. The summed E-state index contributed by atoms with van der Waals surface area (Å²) in [5.41, 5.74) is 1.37. The van der Waals surface area contributed by atoms with Gasteiger partial charge in [-0.2, -0.15) is 0 Å². The number of ketones is 2. The molecule has 3 aliphatic rings. The Morgan fingerprint density at radius 1 is 0.947 bits per heavy atom. The Morgan fingerprint density at radius 3 is 1.74 bits per heavy atom. The predicted molar refractivity (Wildman–Crippen MR) is 74.4 cm³/mol. The smallest absolute Gasteiger partial charge is 0.164 e. The van der Waals surface area contributed by atoms with Gasteiger partial charge in [0.2, 0.25) is 0 Å². The van der Waals surface area contributed by atoms with Crippen LogP contribution in [0.2, 0.25) is 0 Å². The third kappa shape index (κ3) is 1.62. The molecule has 0 spiro atoms. The van der Waals surface area contributed by atoms with Crippen molar-refractivity contribution in [3.8, 4) is 0 Å². The second-order valence-corrected chi connectivity index (χ2v) is 5.67. The van der Waals surface area contributed by atoms with Crippen LogP contribution in [0.3, 0.4) is 0 Å². The van der Waals surface area contributed by atoms with Gasteiger partial charge in [0, 0.05) is 23.0 Å². The van der Waals surface area contributed by atoms with Crippen molar-refractivity contribution in [3.63, 3.8) is 0 Å². The Bertz CT molecular complexity index is 489. The average Bonchev–Trinajstić information content (AvgIpc) is 3.00. The maximum absolute atomic E-state index is 12.7. The van der Waals surface area contributed by atoms with E-state index in [0.717, 1.165) is 6.42 Å². The van der Waals surface area contributed by atoms with Gasteiger partial charge in [0.15, 0.2) is 11.6 Å². The van der Waals surface area contributed by atoms with Crippen LogP contribution >= 0.6 is 0 Å². The highest BCUT2D eigenvalue weighted by Gasteiger charge is 2.54. The van der Waals surface area contributed by atoms with Crippen LogP contribution in [0.5, 0.6) is 0 Å². The van der Waals surface area contributed by atoms with Crippen LogP contribution in [0, 0.1) is 23.7 Å². The summed E-state index contributed by atoms with van der Waals surface area (Å²) in [4.78, 5) is 25.4. The van der Waals surface area contributed by atoms with E-state index < -0.39 is 0 Å². The fraction of sp³-hybridized carbons (Fsp3) is 0.412. The largest absolute Gasteiger partial charge is 0.294 e. The third-order valence-corrected chi connectivity index (χ3v) is 4.72. The van der Waals surface area contributed by atoms with Gasteiger partial charge in [-0.15, -0.1) is 13.2 Å². The highest BCUT2D eigenvalue weighted by atomic mass is 16.1. The Hall–Kier alpha value is -1.70. The van der Waals surface area contributed by atoms with Crippen molar-refractivity contribution >= 4 is 11.6 Å². The lowest BCUT2D eigenvalue weighted by atomic mass is 9.68.